The fourth-order valence-corrected chi connectivity index (χ4v) is 21.2. The zero-order valence-electron chi connectivity index (χ0n) is 92.8. The molecule has 0 radical (unpaired) electrons. The molecule has 0 bridgehead atoms. The molecule has 0 unspecified atom stereocenters. The summed E-state index contributed by atoms with van der Waals surface area (Å²) in [7, 11) is 0. The first kappa shape index (κ1) is 123. The third kappa shape index (κ3) is 32.9. The SMILES string of the molecule is CC.CC.CC.CC.CC.CC.CC.CC.CC.CC1=C(C(=O)c2ccc(C)c3c2CCC3)C(=O)CCC1.CC1=C(C(=O)c2ccc(C)c3c2CCCC3)C(=O)CCC1.CC1=C(C(=O)c2ccc(C)c3c2CCCCC3)C(=O)CCC1.CC1=C(C(=O)c2ccc3c(c2)CCC3)C(=O)CCC1.CC1=C(C(=O)c2ccc3c(c2)CCCC3)C(=O)CCC1.CC1=C(C(=O)c2ccc3c(c2)CCCCC3)C(=O)CCC1. The van der Waals surface area contributed by atoms with Crippen LogP contribution < -0.4 is 0 Å². The Kier molecular flexibility index (Phi) is 56.9. The summed E-state index contributed by atoms with van der Waals surface area (Å²) < 4.78 is 0. The van der Waals surface area contributed by atoms with Gasteiger partial charge in [0.25, 0.3) is 0 Å². The maximum atomic E-state index is 13.0. The first-order valence-electron chi connectivity index (χ1n) is 55.6. The third-order valence-corrected chi connectivity index (χ3v) is 28.2. The Morgan fingerprint density at radius 3 is 0.582 bits per heavy atom. The average Bonchev–Trinajstić information content (AvgIpc) is 1.60. The zero-order valence-corrected chi connectivity index (χ0v) is 92.8. The molecule has 12 aliphatic rings. The van der Waals surface area contributed by atoms with Gasteiger partial charge in [-0.2, -0.15) is 0 Å². The van der Waals surface area contributed by atoms with Crippen LogP contribution in [0.2, 0.25) is 0 Å². The highest BCUT2D eigenvalue weighted by Crippen LogP contribution is 2.39. The van der Waals surface area contributed by atoms with Gasteiger partial charge in [0, 0.05) is 71.9 Å². The largest absolute Gasteiger partial charge is 0.294 e. The van der Waals surface area contributed by atoms with Crippen LogP contribution in [0.15, 0.2) is 158 Å². The summed E-state index contributed by atoms with van der Waals surface area (Å²) in [4.78, 5) is 149. The Bertz CT molecular complexity index is 5520. The molecule has 768 valence electrons. The summed E-state index contributed by atoms with van der Waals surface area (Å²) in [5.74, 6) is -0.121. The molecule has 0 aliphatic heterocycles. The van der Waals surface area contributed by atoms with Crippen molar-refractivity contribution in [2.45, 2.75) is 457 Å². The van der Waals surface area contributed by atoms with E-state index >= 15 is 0 Å². The number of aryl methyl sites for hydroxylation is 9. The molecule has 12 heteroatoms. The van der Waals surface area contributed by atoms with Crippen LogP contribution in [0, 0.1) is 20.8 Å². The molecule has 0 spiro atoms. The number of carbonyl (C=O) groups is 12. The van der Waals surface area contributed by atoms with Crippen LogP contribution in [0.5, 0.6) is 0 Å². The van der Waals surface area contributed by atoms with E-state index in [0.29, 0.717) is 88.7 Å². The quantitative estimate of drug-likeness (QED) is 0.0637. The lowest BCUT2D eigenvalue weighted by Gasteiger charge is -2.23. The number of ketones is 12. The first-order chi connectivity index (χ1) is 68.3. The van der Waals surface area contributed by atoms with Crippen molar-refractivity contribution in [1.29, 1.82) is 0 Å². The molecule has 6 aromatic carbocycles. The van der Waals surface area contributed by atoms with Crippen LogP contribution in [0.3, 0.4) is 0 Å². The molecule has 12 nitrogen and oxygen atoms in total. The Morgan fingerprint density at radius 2 is 0.333 bits per heavy atom. The Hall–Kier alpha value is -10.2. The van der Waals surface area contributed by atoms with Gasteiger partial charge in [-0.3, -0.25) is 57.5 Å². The van der Waals surface area contributed by atoms with Gasteiger partial charge in [0.15, 0.2) is 69.4 Å². The van der Waals surface area contributed by atoms with Crippen LogP contribution in [0.1, 0.15) is 504 Å². The number of fused-ring (bicyclic) bond motifs is 6. The van der Waals surface area contributed by atoms with E-state index in [-0.39, 0.29) is 69.4 Å². The average molecular weight is 1920 g/mol. The maximum absolute atomic E-state index is 13.0. The third-order valence-electron chi connectivity index (χ3n) is 28.2. The van der Waals surface area contributed by atoms with Crippen LogP contribution in [0.25, 0.3) is 0 Å². The first-order valence-corrected chi connectivity index (χ1v) is 55.6. The number of Topliss-reactive ketones (excluding diaryl/α,β-unsaturated/α-hetero) is 12. The predicted octanol–water partition coefficient (Wildman–Crippen LogP) is 33.1. The lowest BCUT2D eigenvalue weighted by Crippen LogP contribution is -2.21. The molecule has 0 amide bonds. The van der Waals surface area contributed by atoms with Crippen LogP contribution >= 0.6 is 0 Å². The molecule has 0 N–H and O–H groups in total. The molecule has 18 rings (SSSR count). The van der Waals surface area contributed by atoms with Crippen molar-refractivity contribution in [3.63, 3.8) is 0 Å². The minimum absolute atomic E-state index is 0.0225. The van der Waals surface area contributed by atoms with Gasteiger partial charge in [-0.15, -0.1) is 0 Å². The van der Waals surface area contributed by atoms with E-state index in [1.165, 1.54) is 141 Å². The lowest BCUT2D eigenvalue weighted by atomic mass is 9.80. The van der Waals surface area contributed by atoms with Gasteiger partial charge in [-0.1, -0.05) is 244 Å². The zero-order chi connectivity index (χ0) is 105. The van der Waals surface area contributed by atoms with Gasteiger partial charge >= 0.3 is 0 Å². The molecule has 0 aromatic heterocycles. The van der Waals surface area contributed by atoms with Crippen LogP contribution in [-0.4, -0.2) is 69.4 Å². The van der Waals surface area contributed by atoms with Crippen molar-refractivity contribution in [3.05, 3.63) is 275 Å². The van der Waals surface area contributed by atoms with Gasteiger partial charge in [-0.25, -0.2) is 0 Å². The molecule has 12 aliphatic carbocycles. The van der Waals surface area contributed by atoms with E-state index in [1.807, 2.05) is 233 Å². The second-order valence-electron chi connectivity index (χ2n) is 36.9. The van der Waals surface area contributed by atoms with Gasteiger partial charge in [0.1, 0.15) is 0 Å². The van der Waals surface area contributed by atoms with Gasteiger partial charge < -0.3 is 0 Å². The molecule has 0 fully saturated rings. The number of carbonyl (C=O) groups excluding carboxylic acids is 12. The molecule has 6 aromatic rings. The Labute approximate surface area is 852 Å². The highest BCUT2D eigenvalue weighted by atomic mass is 16.2. The minimum Gasteiger partial charge on any atom is -0.294 e. The Morgan fingerprint density at radius 1 is 0.163 bits per heavy atom. The fourth-order valence-electron chi connectivity index (χ4n) is 21.2. The summed E-state index contributed by atoms with van der Waals surface area (Å²) in [5, 5.41) is 0. The fraction of sp³-hybridized carbons (Fsp3) is 0.535. The highest BCUT2D eigenvalue weighted by molar-refractivity contribution is 6.31. The van der Waals surface area contributed by atoms with E-state index in [2.05, 4.69) is 45.0 Å². The monoisotopic (exact) mass is 1920 g/mol. The molecular weight excluding hydrogens is 1740 g/mol. The second-order valence-corrected chi connectivity index (χ2v) is 36.9. The number of benzene rings is 6. The van der Waals surface area contributed by atoms with Gasteiger partial charge in [-0.05, 0) is 382 Å². The van der Waals surface area contributed by atoms with E-state index in [0.717, 1.165) is 223 Å². The van der Waals surface area contributed by atoms with Crippen molar-refractivity contribution in [2.24, 2.45) is 0 Å². The Balaban J connectivity index is 0.000000341. The van der Waals surface area contributed by atoms with E-state index in [4.69, 9.17) is 0 Å². The smallest absolute Gasteiger partial charge is 0.196 e. The van der Waals surface area contributed by atoms with Crippen molar-refractivity contribution < 1.29 is 57.5 Å². The van der Waals surface area contributed by atoms with E-state index in [9.17, 15) is 57.5 Å². The molecule has 0 atom stereocenters. The molecule has 0 saturated heterocycles. The van der Waals surface area contributed by atoms with E-state index < -0.39 is 0 Å². The minimum atomic E-state index is -0.0723. The topological polar surface area (TPSA) is 205 Å². The highest BCUT2D eigenvalue weighted by Gasteiger charge is 2.35. The summed E-state index contributed by atoms with van der Waals surface area (Å²) in [5.41, 5.74) is 32.4. The summed E-state index contributed by atoms with van der Waals surface area (Å²) in [6, 6.07) is 29.9. The summed E-state index contributed by atoms with van der Waals surface area (Å²) in [6.07, 6.45) is 40.6. The van der Waals surface area contributed by atoms with Crippen LogP contribution in [0.4, 0.5) is 0 Å². The maximum Gasteiger partial charge on any atom is 0.196 e. The van der Waals surface area contributed by atoms with Crippen molar-refractivity contribution in [3.8, 4) is 0 Å². The number of rotatable bonds is 12. The molecule has 0 saturated carbocycles. The van der Waals surface area contributed by atoms with Crippen molar-refractivity contribution in [2.75, 3.05) is 0 Å². The molecule has 0 heterocycles. The molecule has 141 heavy (non-hydrogen) atoms. The normalized spacial score (nSPS) is 16.8. The lowest BCUT2D eigenvalue weighted by molar-refractivity contribution is -0.116. The summed E-state index contributed by atoms with van der Waals surface area (Å²) >= 11 is 0. The summed E-state index contributed by atoms with van der Waals surface area (Å²) in [6.45, 7) is 53.9. The van der Waals surface area contributed by atoms with Crippen molar-refractivity contribution >= 4 is 69.4 Å². The number of hydrogen-bond donors (Lipinski definition) is 0. The number of hydrogen-bond acceptors (Lipinski definition) is 12. The van der Waals surface area contributed by atoms with E-state index in [1.54, 1.807) is 0 Å². The standard InChI is InChI=1S/C20H24O2.2C19H22O2.2C18H20O2.C17H18O2.9C2H6/c1-13-11-12-17(16-9-5-3-4-8-15(13)16)20(22)19-14(2)7-6-10-18(19)21;1-12-10-11-16(15-8-4-3-7-14(12)15)19(21)18-13(2)6-5-9-17(18)20;1-13-6-5-9-17(20)18(13)19(21)16-11-10-14-7-3-2-4-8-15(14)12-16;1-11-9-10-15(14-7-4-6-13(11)14)18(20)17-12(2)5-3-8-16(17)19;1-12-5-4-8-16(19)17(12)18(20)15-10-9-13-6-2-3-7-14(13)11-15;1-11-4-2-7-15(18)16(11)17(19)14-9-8-12-5-3-6-13(12)10-14;9*1-2/h11-12H,3-10H2,1-2H3;10-11H,3-9H2,1-2H3;10-12H,2-9H2,1H3;9-10H,3-8H2,1-2H3;9-11H,2-8H2,1H3;8-10H,2-7H2,1H3;9*1-2H3. The second kappa shape index (κ2) is 65.2. The van der Waals surface area contributed by atoms with Crippen molar-refractivity contribution in [1.82, 2.24) is 0 Å². The van der Waals surface area contributed by atoms with Gasteiger partial charge in [0.2, 0.25) is 0 Å². The predicted molar refractivity (Wildman–Crippen MR) is 590 cm³/mol. The number of allylic oxidation sites excluding steroid dienone is 12. The molecular formula is C129H180O12. The van der Waals surface area contributed by atoms with Gasteiger partial charge in [0.05, 0.1) is 33.4 Å². The van der Waals surface area contributed by atoms with Crippen LogP contribution in [-0.2, 0) is 106 Å².